The van der Waals surface area contributed by atoms with Crippen LogP contribution in [0.15, 0.2) is 67.4 Å². The van der Waals surface area contributed by atoms with Crippen LogP contribution < -0.4 is 5.56 Å². The van der Waals surface area contributed by atoms with Crippen molar-refractivity contribution in [3.05, 3.63) is 70.3 Å². The molecule has 172 valence electrons. The Labute approximate surface area is 198 Å². The van der Waals surface area contributed by atoms with Crippen molar-refractivity contribution in [1.29, 1.82) is 0 Å². The third kappa shape index (κ3) is 3.91. The molecule has 2 aromatic carbocycles. The number of aromatic nitrogens is 4. The van der Waals surface area contributed by atoms with Crippen LogP contribution in [-0.2, 0) is 17.0 Å². The van der Waals surface area contributed by atoms with Crippen LogP contribution in [0.4, 0.5) is 0 Å². The molecule has 1 atom stereocenters. The minimum absolute atomic E-state index is 0.0165. The first kappa shape index (κ1) is 21.1. The molecule has 0 spiro atoms. The molecule has 1 aliphatic heterocycles. The molecule has 8 nitrogen and oxygen atoms in total. The molecule has 5 aromatic rings. The van der Waals surface area contributed by atoms with E-state index in [9.17, 15) is 4.79 Å². The van der Waals surface area contributed by atoms with E-state index in [1.54, 1.807) is 4.57 Å². The van der Waals surface area contributed by atoms with E-state index >= 15 is 0 Å². The molecule has 0 aliphatic carbocycles. The van der Waals surface area contributed by atoms with Crippen LogP contribution >= 0.6 is 11.8 Å². The number of rotatable bonds is 6. The van der Waals surface area contributed by atoms with Gasteiger partial charge in [0.2, 0.25) is 17.3 Å². The summed E-state index contributed by atoms with van der Waals surface area (Å²) >= 11 is 1.39. The van der Waals surface area contributed by atoms with Crippen molar-refractivity contribution in [2.45, 2.75) is 43.3 Å². The van der Waals surface area contributed by atoms with E-state index in [1.807, 2.05) is 55.5 Å². The molecule has 0 N–H and O–H groups in total. The molecule has 4 heterocycles. The Morgan fingerprint density at radius 3 is 2.79 bits per heavy atom. The Bertz CT molecular complexity index is 1530. The number of para-hydroxylation sites is 1. The number of nitrogens with zero attached hydrogens (tertiary/aromatic N) is 4. The number of ether oxygens (including phenoxy) is 1. The molecular formula is C25H22N4O4S. The number of aryl methyl sites for hydroxylation is 1. The molecule has 1 fully saturated rings. The number of hydrogen-bond acceptors (Lipinski definition) is 8. The highest BCUT2D eigenvalue weighted by Crippen LogP contribution is 2.29. The van der Waals surface area contributed by atoms with Gasteiger partial charge in [0.25, 0.3) is 5.56 Å². The average Bonchev–Trinajstić information content (AvgIpc) is 3.61. The van der Waals surface area contributed by atoms with Crippen LogP contribution in [0.5, 0.6) is 0 Å². The van der Waals surface area contributed by atoms with Crippen LogP contribution in [0, 0.1) is 6.92 Å². The minimum Gasteiger partial charge on any atom is -0.448 e. The van der Waals surface area contributed by atoms with Gasteiger partial charge >= 0.3 is 0 Å². The summed E-state index contributed by atoms with van der Waals surface area (Å²) in [6.45, 7) is 3.18. The predicted molar refractivity (Wildman–Crippen MR) is 129 cm³/mol. The molecule has 3 aromatic heterocycles. The number of benzene rings is 2. The predicted octanol–water partition coefficient (Wildman–Crippen LogP) is 4.97. The molecule has 1 unspecified atom stereocenters. The van der Waals surface area contributed by atoms with Gasteiger partial charge in [0.05, 0.1) is 18.4 Å². The van der Waals surface area contributed by atoms with E-state index in [-0.39, 0.29) is 17.2 Å². The number of furan rings is 1. The Morgan fingerprint density at radius 2 is 1.97 bits per heavy atom. The SMILES string of the molecule is Cc1ccc(-c2noc(CSc3nc4c(oc5ccccc54)c(=O)n3CC3CCCO3)n2)cc1. The zero-order valence-electron chi connectivity index (χ0n) is 18.6. The third-order valence-electron chi connectivity index (χ3n) is 5.96. The lowest BCUT2D eigenvalue weighted by Gasteiger charge is -2.15. The van der Waals surface area contributed by atoms with Crippen molar-refractivity contribution >= 4 is 33.8 Å². The lowest BCUT2D eigenvalue weighted by molar-refractivity contribution is 0.0936. The molecule has 0 amide bonds. The highest BCUT2D eigenvalue weighted by atomic mass is 32.2. The Hall–Kier alpha value is -3.43. The van der Waals surface area contributed by atoms with Gasteiger partial charge in [-0.15, -0.1) is 0 Å². The first-order chi connectivity index (χ1) is 16.7. The highest BCUT2D eigenvalue weighted by Gasteiger charge is 2.23. The Balaban J connectivity index is 1.35. The van der Waals surface area contributed by atoms with Gasteiger partial charge in [0.15, 0.2) is 5.16 Å². The summed E-state index contributed by atoms with van der Waals surface area (Å²) in [4.78, 5) is 22.8. The quantitative estimate of drug-likeness (QED) is 0.251. The summed E-state index contributed by atoms with van der Waals surface area (Å²) in [5, 5.41) is 5.51. The zero-order valence-corrected chi connectivity index (χ0v) is 19.4. The molecule has 9 heteroatoms. The van der Waals surface area contributed by atoms with Crippen LogP contribution in [0.25, 0.3) is 33.5 Å². The van der Waals surface area contributed by atoms with Gasteiger partial charge < -0.3 is 13.7 Å². The largest absolute Gasteiger partial charge is 0.448 e. The number of hydrogen-bond donors (Lipinski definition) is 0. The van der Waals surface area contributed by atoms with E-state index < -0.39 is 0 Å². The summed E-state index contributed by atoms with van der Waals surface area (Å²) in [5.41, 5.74) is 3.34. The highest BCUT2D eigenvalue weighted by molar-refractivity contribution is 7.98. The molecule has 0 saturated carbocycles. The van der Waals surface area contributed by atoms with Crippen molar-refractivity contribution in [3.8, 4) is 11.4 Å². The summed E-state index contributed by atoms with van der Waals surface area (Å²) < 4.78 is 18.8. The lowest BCUT2D eigenvalue weighted by atomic mass is 10.1. The summed E-state index contributed by atoms with van der Waals surface area (Å²) in [7, 11) is 0. The fraction of sp³-hybridized carbons (Fsp3) is 0.280. The van der Waals surface area contributed by atoms with E-state index in [0.29, 0.717) is 46.9 Å². The van der Waals surface area contributed by atoms with E-state index in [0.717, 1.165) is 23.8 Å². The van der Waals surface area contributed by atoms with Crippen molar-refractivity contribution < 1.29 is 13.7 Å². The zero-order chi connectivity index (χ0) is 23.1. The maximum Gasteiger partial charge on any atom is 0.297 e. The maximum absolute atomic E-state index is 13.4. The summed E-state index contributed by atoms with van der Waals surface area (Å²) in [6.07, 6.45) is 1.89. The number of thioether (sulfide) groups is 1. The Kier molecular flexibility index (Phi) is 5.43. The van der Waals surface area contributed by atoms with Crippen LogP contribution in [-0.4, -0.2) is 32.4 Å². The molecule has 6 rings (SSSR count). The second-order valence-electron chi connectivity index (χ2n) is 8.39. The molecule has 0 bridgehead atoms. The van der Waals surface area contributed by atoms with Gasteiger partial charge in [-0.1, -0.05) is 58.9 Å². The van der Waals surface area contributed by atoms with Gasteiger partial charge in [-0.3, -0.25) is 9.36 Å². The maximum atomic E-state index is 13.4. The third-order valence-corrected chi connectivity index (χ3v) is 6.92. The second kappa shape index (κ2) is 8.73. The molecule has 34 heavy (non-hydrogen) atoms. The summed E-state index contributed by atoms with van der Waals surface area (Å²) in [6, 6.07) is 15.5. The standard InChI is InChI=1S/C25H22N4O4S/c1-15-8-10-16(11-9-15)23-26-20(33-28-23)14-34-25-27-21-18-6-2-3-7-19(18)32-22(21)24(30)29(25)13-17-5-4-12-31-17/h2-3,6-11,17H,4-5,12-14H2,1H3. The first-order valence-corrected chi connectivity index (χ1v) is 12.2. The second-order valence-corrected chi connectivity index (χ2v) is 9.33. The average molecular weight is 475 g/mol. The Morgan fingerprint density at radius 1 is 1.12 bits per heavy atom. The molecule has 1 aliphatic rings. The van der Waals surface area contributed by atoms with Gasteiger partial charge in [-0.05, 0) is 31.9 Å². The molecule has 1 saturated heterocycles. The lowest BCUT2D eigenvalue weighted by Crippen LogP contribution is -2.28. The van der Waals surface area contributed by atoms with Crippen molar-refractivity contribution in [2.75, 3.05) is 6.61 Å². The van der Waals surface area contributed by atoms with Gasteiger partial charge in [-0.2, -0.15) is 4.98 Å². The van der Waals surface area contributed by atoms with E-state index in [1.165, 1.54) is 17.3 Å². The van der Waals surface area contributed by atoms with Crippen LogP contribution in [0.1, 0.15) is 24.3 Å². The topological polar surface area (TPSA) is 96.2 Å². The van der Waals surface area contributed by atoms with Gasteiger partial charge in [0.1, 0.15) is 11.1 Å². The summed E-state index contributed by atoms with van der Waals surface area (Å²) in [5.74, 6) is 1.39. The van der Waals surface area contributed by atoms with E-state index in [4.69, 9.17) is 18.7 Å². The number of fused-ring (bicyclic) bond motifs is 3. The minimum atomic E-state index is -0.204. The molecule has 0 radical (unpaired) electrons. The van der Waals surface area contributed by atoms with Crippen molar-refractivity contribution in [2.24, 2.45) is 0 Å². The van der Waals surface area contributed by atoms with Crippen molar-refractivity contribution in [1.82, 2.24) is 19.7 Å². The normalized spacial score (nSPS) is 16.1. The van der Waals surface area contributed by atoms with E-state index in [2.05, 4.69) is 10.1 Å². The smallest absolute Gasteiger partial charge is 0.297 e. The van der Waals surface area contributed by atoms with Crippen LogP contribution in [0.3, 0.4) is 0 Å². The fourth-order valence-electron chi connectivity index (χ4n) is 4.18. The van der Waals surface area contributed by atoms with Crippen molar-refractivity contribution in [3.63, 3.8) is 0 Å². The van der Waals surface area contributed by atoms with Gasteiger partial charge in [0, 0.05) is 17.6 Å². The van der Waals surface area contributed by atoms with Gasteiger partial charge in [-0.25, -0.2) is 4.98 Å². The monoisotopic (exact) mass is 474 g/mol. The first-order valence-electron chi connectivity index (χ1n) is 11.2. The van der Waals surface area contributed by atoms with Crippen LogP contribution in [0.2, 0.25) is 0 Å². The molecular weight excluding hydrogens is 452 g/mol. The fourth-order valence-corrected chi connectivity index (χ4v) is 5.02.